The van der Waals surface area contributed by atoms with Gasteiger partial charge in [-0.05, 0) is 31.2 Å². The van der Waals surface area contributed by atoms with E-state index in [4.69, 9.17) is 9.84 Å². The summed E-state index contributed by atoms with van der Waals surface area (Å²) in [7, 11) is 0. The Labute approximate surface area is 109 Å². The second-order valence-electron chi connectivity index (χ2n) is 3.70. The minimum atomic E-state index is -5.00. The molecular formula is C14H13F3O2. The Bertz CT molecular complexity index is 472. The van der Waals surface area contributed by atoms with Crippen molar-refractivity contribution < 1.29 is 23.0 Å². The fourth-order valence-electron chi connectivity index (χ4n) is 1.23. The maximum atomic E-state index is 9.91. The minimum Gasteiger partial charge on any atom is -0.457 e. The molecule has 0 aliphatic carbocycles. The lowest BCUT2D eigenvalue weighted by atomic mass is 10.2. The van der Waals surface area contributed by atoms with Gasteiger partial charge in [0.25, 0.3) is 0 Å². The third kappa shape index (κ3) is 7.83. The molecule has 0 aromatic heterocycles. The summed E-state index contributed by atoms with van der Waals surface area (Å²) in [4.78, 5) is 0. The van der Waals surface area contributed by atoms with Gasteiger partial charge in [-0.15, -0.1) is 13.2 Å². The van der Waals surface area contributed by atoms with E-state index >= 15 is 0 Å². The zero-order chi connectivity index (χ0) is 14.3. The van der Waals surface area contributed by atoms with Crippen LogP contribution in [-0.4, -0.2) is 11.5 Å². The van der Waals surface area contributed by atoms with Crippen molar-refractivity contribution in [3.05, 3.63) is 60.2 Å². The predicted octanol–water partition coefficient (Wildman–Crippen LogP) is 4.29. The molecule has 2 nitrogen and oxygen atoms in total. The Kier molecular flexibility index (Phi) is 5.38. The monoisotopic (exact) mass is 270 g/mol. The van der Waals surface area contributed by atoms with E-state index in [0.29, 0.717) is 0 Å². The number of halogens is 3. The van der Waals surface area contributed by atoms with Crippen LogP contribution in [-0.2, 0) is 0 Å². The van der Waals surface area contributed by atoms with Gasteiger partial charge in [0.1, 0.15) is 11.5 Å². The predicted molar refractivity (Wildman–Crippen MR) is 66.0 cm³/mol. The van der Waals surface area contributed by atoms with Gasteiger partial charge in [-0.2, -0.15) is 0 Å². The SMILES string of the molecule is Cc1ccc(Oc2ccccc2)cc1.OC(F)(F)F. The second kappa shape index (κ2) is 6.80. The standard InChI is InChI=1S/C13H12O.CHF3O/c1-11-7-9-13(10-8-11)14-12-5-3-2-4-6-12;2-1(3,4)5/h2-10H,1H3;5H. The first kappa shape index (κ1) is 15.0. The highest BCUT2D eigenvalue weighted by atomic mass is 19.4. The first-order chi connectivity index (χ1) is 8.84. The van der Waals surface area contributed by atoms with Crippen LogP contribution in [0.15, 0.2) is 54.6 Å². The summed E-state index contributed by atoms with van der Waals surface area (Å²) in [6.07, 6.45) is -5.00. The Hall–Kier alpha value is -2.01. The van der Waals surface area contributed by atoms with E-state index in [1.807, 2.05) is 54.6 Å². The van der Waals surface area contributed by atoms with E-state index in [0.717, 1.165) is 11.5 Å². The first-order valence-electron chi connectivity index (χ1n) is 5.43. The molecule has 0 aliphatic heterocycles. The minimum absolute atomic E-state index is 0.872. The van der Waals surface area contributed by atoms with Crippen LogP contribution in [0, 0.1) is 6.92 Å². The molecule has 0 bridgehead atoms. The van der Waals surface area contributed by atoms with Crippen molar-refractivity contribution in [2.75, 3.05) is 0 Å². The van der Waals surface area contributed by atoms with Crippen LogP contribution in [0.25, 0.3) is 0 Å². The molecule has 0 amide bonds. The zero-order valence-corrected chi connectivity index (χ0v) is 10.2. The number of rotatable bonds is 2. The molecule has 2 aromatic rings. The third-order valence-electron chi connectivity index (χ3n) is 2.00. The number of benzene rings is 2. The van der Waals surface area contributed by atoms with E-state index in [-0.39, 0.29) is 0 Å². The number of para-hydroxylation sites is 1. The van der Waals surface area contributed by atoms with Gasteiger partial charge in [0.2, 0.25) is 0 Å². The number of alkyl halides is 3. The molecule has 0 spiro atoms. The molecule has 0 saturated heterocycles. The van der Waals surface area contributed by atoms with Crippen molar-refractivity contribution in [3.8, 4) is 11.5 Å². The highest BCUT2D eigenvalue weighted by molar-refractivity contribution is 5.32. The highest BCUT2D eigenvalue weighted by Gasteiger charge is 2.20. The van der Waals surface area contributed by atoms with Crippen molar-refractivity contribution in [1.29, 1.82) is 0 Å². The zero-order valence-electron chi connectivity index (χ0n) is 10.2. The Balaban J connectivity index is 0.000000312. The smallest absolute Gasteiger partial charge is 0.457 e. The molecule has 0 heterocycles. The molecule has 0 fully saturated rings. The van der Waals surface area contributed by atoms with Crippen molar-refractivity contribution in [3.63, 3.8) is 0 Å². The van der Waals surface area contributed by atoms with Crippen LogP contribution in [0.5, 0.6) is 11.5 Å². The summed E-state index contributed by atoms with van der Waals surface area (Å²) >= 11 is 0. The van der Waals surface area contributed by atoms with Crippen LogP contribution < -0.4 is 4.74 Å². The van der Waals surface area contributed by atoms with Crippen LogP contribution in [0.2, 0.25) is 0 Å². The van der Waals surface area contributed by atoms with Crippen LogP contribution in [0.4, 0.5) is 13.2 Å². The van der Waals surface area contributed by atoms with Gasteiger partial charge in [-0.25, -0.2) is 0 Å². The maximum absolute atomic E-state index is 9.91. The number of hydrogen-bond donors (Lipinski definition) is 1. The summed E-state index contributed by atoms with van der Waals surface area (Å²) in [5.74, 6) is 1.75. The number of aliphatic hydroxyl groups is 1. The summed E-state index contributed by atoms with van der Waals surface area (Å²) in [5.41, 5.74) is 1.24. The van der Waals surface area contributed by atoms with Gasteiger partial charge < -0.3 is 9.84 Å². The van der Waals surface area contributed by atoms with Gasteiger partial charge >= 0.3 is 6.36 Å². The van der Waals surface area contributed by atoms with Crippen molar-refractivity contribution >= 4 is 0 Å². The van der Waals surface area contributed by atoms with Crippen LogP contribution in [0.3, 0.4) is 0 Å². The van der Waals surface area contributed by atoms with E-state index in [2.05, 4.69) is 6.92 Å². The van der Waals surface area contributed by atoms with E-state index in [1.165, 1.54) is 5.56 Å². The van der Waals surface area contributed by atoms with Gasteiger partial charge in [0.05, 0.1) is 0 Å². The normalized spacial score (nSPS) is 10.4. The molecule has 0 radical (unpaired) electrons. The van der Waals surface area contributed by atoms with E-state index in [1.54, 1.807) is 0 Å². The molecule has 102 valence electrons. The average molecular weight is 270 g/mol. The molecule has 2 rings (SSSR count). The molecule has 0 saturated carbocycles. The highest BCUT2D eigenvalue weighted by Crippen LogP contribution is 2.20. The molecular weight excluding hydrogens is 257 g/mol. The van der Waals surface area contributed by atoms with E-state index in [9.17, 15) is 13.2 Å². The van der Waals surface area contributed by atoms with Gasteiger partial charge in [-0.1, -0.05) is 35.9 Å². The Morgan fingerprint density at radius 3 is 1.74 bits per heavy atom. The largest absolute Gasteiger partial charge is 0.519 e. The summed E-state index contributed by atoms with van der Waals surface area (Å²) in [6.45, 7) is 2.06. The number of hydrogen-bond acceptors (Lipinski definition) is 2. The quantitative estimate of drug-likeness (QED) is 0.882. The average Bonchev–Trinajstić information content (AvgIpc) is 2.31. The van der Waals surface area contributed by atoms with E-state index < -0.39 is 6.36 Å². The van der Waals surface area contributed by atoms with Crippen LogP contribution >= 0.6 is 0 Å². The van der Waals surface area contributed by atoms with Crippen LogP contribution in [0.1, 0.15) is 5.56 Å². The number of ether oxygens (including phenoxy) is 1. The molecule has 19 heavy (non-hydrogen) atoms. The second-order valence-corrected chi connectivity index (χ2v) is 3.70. The van der Waals surface area contributed by atoms with Gasteiger partial charge in [0, 0.05) is 0 Å². The van der Waals surface area contributed by atoms with Gasteiger partial charge in [-0.3, -0.25) is 0 Å². The molecule has 5 heteroatoms. The number of aryl methyl sites for hydroxylation is 1. The first-order valence-corrected chi connectivity index (χ1v) is 5.43. The third-order valence-corrected chi connectivity index (χ3v) is 2.00. The maximum Gasteiger partial charge on any atom is 0.519 e. The molecule has 2 aromatic carbocycles. The van der Waals surface area contributed by atoms with Crippen molar-refractivity contribution in [2.24, 2.45) is 0 Å². The topological polar surface area (TPSA) is 29.5 Å². The summed E-state index contributed by atoms with van der Waals surface area (Å²) < 4.78 is 35.4. The molecule has 0 aliphatic rings. The molecule has 0 atom stereocenters. The summed E-state index contributed by atoms with van der Waals surface area (Å²) in [5, 5.41) is 6.52. The fraction of sp³-hybridized carbons (Fsp3) is 0.143. The van der Waals surface area contributed by atoms with Crippen molar-refractivity contribution in [1.82, 2.24) is 0 Å². The summed E-state index contributed by atoms with van der Waals surface area (Å²) in [6, 6.07) is 17.8. The lowest BCUT2D eigenvalue weighted by Crippen LogP contribution is -2.01. The van der Waals surface area contributed by atoms with Gasteiger partial charge in [0.15, 0.2) is 0 Å². The molecule has 1 N–H and O–H groups in total. The fourth-order valence-corrected chi connectivity index (χ4v) is 1.23. The lowest BCUT2D eigenvalue weighted by molar-refractivity contribution is -0.295. The Morgan fingerprint density at radius 2 is 1.26 bits per heavy atom. The molecule has 0 unspecified atom stereocenters. The lowest BCUT2D eigenvalue weighted by Gasteiger charge is -2.04. The van der Waals surface area contributed by atoms with Crippen molar-refractivity contribution in [2.45, 2.75) is 13.3 Å². The Morgan fingerprint density at radius 1 is 0.842 bits per heavy atom.